The van der Waals surface area contributed by atoms with Gasteiger partial charge in [0, 0.05) is 34.7 Å². The Balaban J connectivity index is 1.59. The van der Waals surface area contributed by atoms with Crippen LogP contribution in [0.25, 0.3) is 5.57 Å². The first-order valence-electron chi connectivity index (χ1n) is 15.6. The van der Waals surface area contributed by atoms with Crippen molar-refractivity contribution in [1.82, 2.24) is 16.0 Å². The number of hydrogen-bond donors (Lipinski definition) is 4. The molecule has 0 radical (unpaired) electrons. The summed E-state index contributed by atoms with van der Waals surface area (Å²) >= 11 is 1.49. The zero-order valence-electron chi connectivity index (χ0n) is 28.1. The average molecular weight is 683 g/mol. The van der Waals surface area contributed by atoms with E-state index in [2.05, 4.69) is 16.0 Å². The number of ether oxygens (including phenoxy) is 1. The van der Waals surface area contributed by atoms with Crippen LogP contribution in [-0.4, -0.2) is 78.9 Å². The molecule has 1 unspecified atom stereocenters. The molecule has 0 aromatic heterocycles. The van der Waals surface area contributed by atoms with Gasteiger partial charge in [-0.25, -0.2) is 0 Å². The number of aliphatic hydroxyl groups is 1. The van der Waals surface area contributed by atoms with Crippen molar-refractivity contribution in [1.29, 1.82) is 0 Å². The van der Waals surface area contributed by atoms with Crippen LogP contribution in [0.4, 0.5) is 5.69 Å². The Kier molecular flexibility index (Phi) is 11.8. The SMILES string of the molecule is COc1ccc2c(c1)SC[C@@H](NC(=O)CC(C)(C)NC[C@@H](C)O)C(=O)N2Cc1ccc(C2=CC=CC(=S(=O)=O)C2NC(C)(C)C)cc1. The summed E-state index contributed by atoms with van der Waals surface area (Å²) in [7, 11) is -0.793. The molecule has 1 aliphatic carbocycles. The van der Waals surface area contributed by atoms with E-state index >= 15 is 0 Å². The maximum atomic E-state index is 14.1. The number of amides is 2. The van der Waals surface area contributed by atoms with E-state index in [0.717, 1.165) is 27.3 Å². The molecule has 0 saturated heterocycles. The maximum absolute atomic E-state index is 14.1. The molecule has 1 heterocycles. The summed E-state index contributed by atoms with van der Waals surface area (Å²) in [5.74, 6) is 0.541. The number of anilines is 1. The van der Waals surface area contributed by atoms with Gasteiger partial charge in [0.15, 0.2) is 0 Å². The van der Waals surface area contributed by atoms with Gasteiger partial charge >= 0.3 is 0 Å². The normalized spacial score (nSPS) is 19.1. The Morgan fingerprint density at radius 2 is 1.83 bits per heavy atom. The highest BCUT2D eigenvalue weighted by Gasteiger charge is 2.34. The van der Waals surface area contributed by atoms with Crippen LogP contribution in [0.1, 0.15) is 59.1 Å². The van der Waals surface area contributed by atoms with Gasteiger partial charge < -0.3 is 30.7 Å². The molecule has 4 N–H and O–H groups in total. The van der Waals surface area contributed by atoms with Gasteiger partial charge in [0.1, 0.15) is 11.8 Å². The lowest BCUT2D eigenvalue weighted by molar-refractivity contribution is -0.127. The maximum Gasteiger partial charge on any atom is 0.250 e. The Morgan fingerprint density at radius 3 is 2.45 bits per heavy atom. The molecule has 2 aliphatic rings. The molecular formula is C35H46N4O6S2. The van der Waals surface area contributed by atoms with Gasteiger partial charge in [0.05, 0.1) is 36.4 Å². The number of benzene rings is 2. The molecule has 2 amide bonds. The number of methoxy groups -OCH3 is 1. The quantitative estimate of drug-likeness (QED) is 0.262. The molecule has 254 valence electrons. The molecule has 2 aromatic carbocycles. The minimum Gasteiger partial charge on any atom is -0.497 e. The number of aliphatic hydroxyl groups excluding tert-OH is 1. The lowest BCUT2D eigenvalue weighted by Crippen LogP contribution is -2.52. The third kappa shape index (κ3) is 9.80. The molecule has 3 atom stereocenters. The minimum atomic E-state index is -2.39. The first-order chi connectivity index (χ1) is 22.1. The zero-order valence-corrected chi connectivity index (χ0v) is 29.7. The fourth-order valence-corrected chi connectivity index (χ4v) is 7.15. The second kappa shape index (κ2) is 15.2. The smallest absolute Gasteiger partial charge is 0.250 e. The summed E-state index contributed by atoms with van der Waals surface area (Å²) in [4.78, 5) is 30.1. The summed E-state index contributed by atoms with van der Waals surface area (Å²) < 4.78 is 29.6. The van der Waals surface area contributed by atoms with Crippen LogP contribution in [0, 0.1) is 0 Å². The lowest BCUT2D eigenvalue weighted by Gasteiger charge is -2.31. The molecule has 10 nitrogen and oxygen atoms in total. The number of β-amino-alcohol motifs (C(OH)–C–C–N with tert-alkyl or cyclic N) is 1. The van der Waals surface area contributed by atoms with Crippen LogP contribution >= 0.6 is 11.8 Å². The van der Waals surface area contributed by atoms with E-state index in [-0.39, 0.29) is 35.2 Å². The minimum absolute atomic E-state index is 0.131. The van der Waals surface area contributed by atoms with E-state index in [0.29, 0.717) is 18.0 Å². The number of thioether (sulfide) groups is 1. The fraction of sp³-hybridized carbons (Fsp3) is 0.457. The lowest BCUT2D eigenvalue weighted by atomic mass is 9.90. The Morgan fingerprint density at radius 1 is 1.13 bits per heavy atom. The van der Waals surface area contributed by atoms with E-state index in [1.54, 1.807) is 31.1 Å². The first-order valence-corrected chi connectivity index (χ1v) is 17.7. The second-order valence-corrected chi connectivity index (χ2v) is 15.6. The summed E-state index contributed by atoms with van der Waals surface area (Å²) in [5.41, 5.74) is 2.38. The van der Waals surface area contributed by atoms with Crippen LogP contribution in [0.2, 0.25) is 0 Å². The molecule has 1 aliphatic heterocycles. The topological polar surface area (TPSA) is 137 Å². The van der Waals surface area contributed by atoms with E-state index in [1.165, 1.54) is 11.8 Å². The molecule has 0 bridgehead atoms. The van der Waals surface area contributed by atoms with Crippen LogP contribution in [0.15, 0.2) is 65.6 Å². The molecule has 0 saturated carbocycles. The van der Waals surface area contributed by atoms with Crippen molar-refractivity contribution in [2.75, 3.05) is 24.3 Å². The number of nitrogens with one attached hydrogen (secondary N) is 3. The number of nitrogens with zero attached hydrogens (tertiary/aromatic N) is 1. The van der Waals surface area contributed by atoms with Gasteiger partial charge in [-0.3, -0.25) is 9.59 Å². The van der Waals surface area contributed by atoms with Gasteiger partial charge in [-0.1, -0.05) is 36.4 Å². The Labute approximate surface area is 283 Å². The average Bonchev–Trinajstić information content (AvgIpc) is 3.11. The van der Waals surface area contributed by atoms with Crippen LogP contribution in [0.3, 0.4) is 0 Å². The van der Waals surface area contributed by atoms with Crippen LogP contribution < -0.4 is 25.6 Å². The van der Waals surface area contributed by atoms with E-state index in [4.69, 9.17) is 4.74 Å². The fourth-order valence-electron chi connectivity index (χ4n) is 5.49. The summed E-state index contributed by atoms with van der Waals surface area (Å²) in [6.07, 6.45) is 4.86. The van der Waals surface area contributed by atoms with Gasteiger partial charge in [0.25, 0.3) is 5.91 Å². The standard InChI is InChI=1S/C35H46N4O6S2/c1-22(40)19-36-35(5,6)18-31(41)37-27-21-46-29-17-25(45-7)15-16-28(29)39(33(27)42)20-23-11-13-24(14-12-23)26-9-8-10-30(47(43)44)32(26)38-34(2,3)4/h8-17,22,27,32,36,38,40H,18-21H2,1-7H3,(H,37,41)/t22-,27-,32?/m1/s1. The summed E-state index contributed by atoms with van der Waals surface area (Å²) in [6.45, 7) is 12.0. The van der Waals surface area contributed by atoms with E-state index in [1.807, 2.05) is 83.2 Å². The number of allylic oxidation sites excluding steroid dienone is 2. The molecule has 12 heteroatoms. The van der Waals surface area contributed by atoms with Gasteiger partial charge in [-0.15, -0.1) is 11.8 Å². The first kappa shape index (κ1) is 36.4. The number of fused-ring (bicyclic) bond motifs is 1. The number of rotatable bonds is 11. The molecule has 0 spiro atoms. The molecular weight excluding hydrogens is 637 g/mol. The van der Waals surface area contributed by atoms with Crippen molar-refractivity contribution in [3.63, 3.8) is 0 Å². The molecule has 2 aromatic rings. The Hall–Kier alpha value is -3.42. The van der Waals surface area contributed by atoms with Gasteiger partial charge in [-0.2, -0.15) is 8.42 Å². The number of carbonyl (C=O) groups excluding carboxylic acids is 2. The van der Waals surface area contributed by atoms with Crippen LogP contribution in [0.5, 0.6) is 5.75 Å². The molecule has 4 rings (SSSR count). The monoisotopic (exact) mass is 682 g/mol. The van der Waals surface area contributed by atoms with Crippen molar-refractivity contribution < 1.29 is 27.9 Å². The zero-order chi connectivity index (χ0) is 34.5. The van der Waals surface area contributed by atoms with Crippen LogP contribution in [-0.2, 0) is 26.4 Å². The van der Waals surface area contributed by atoms with Gasteiger partial charge in [-0.05, 0) is 82.5 Å². The summed E-state index contributed by atoms with van der Waals surface area (Å²) in [5, 5.41) is 19.3. The third-order valence-corrected chi connectivity index (χ3v) is 9.67. The molecule has 47 heavy (non-hydrogen) atoms. The van der Waals surface area contributed by atoms with E-state index in [9.17, 15) is 23.1 Å². The van der Waals surface area contributed by atoms with Crippen molar-refractivity contribution in [3.05, 3.63) is 71.8 Å². The highest BCUT2D eigenvalue weighted by atomic mass is 32.2. The highest BCUT2D eigenvalue weighted by Crippen LogP contribution is 2.38. The predicted octanol–water partition coefficient (Wildman–Crippen LogP) is 3.72. The third-order valence-electron chi connectivity index (χ3n) is 7.77. The highest BCUT2D eigenvalue weighted by molar-refractivity contribution is 7.99. The predicted molar refractivity (Wildman–Crippen MR) is 189 cm³/mol. The largest absolute Gasteiger partial charge is 0.497 e. The van der Waals surface area contributed by atoms with E-state index < -0.39 is 34.0 Å². The van der Waals surface area contributed by atoms with Crippen molar-refractivity contribution >= 4 is 50.0 Å². The molecule has 0 fully saturated rings. The Bertz CT molecular complexity index is 1670. The van der Waals surface area contributed by atoms with Crippen molar-refractivity contribution in [2.45, 2.75) is 88.7 Å². The summed E-state index contributed by atoms with van der Waals surface area (Å²) in [6, 6.07) is 12.1. The number of carbonyl (C=O) groups is 2. The second-order valence-electron chi connectivity index (χ2n) is 13.6. The van der Waals surface area contributed by atoms with Crippen molar-refractivity contribution in [2.24, 2.45) is 0 Å². The van der Waals surface area contributed by atoms with Crippen molar-refractivity contribution in [3.8, 4) is 5.75 Å². The number of hydrogen-bond acceptors (Lipinski definition) is 9. The van der Waals surface area contributed by atoms with Gasteiger partial charge in [0.2, 0.25) is 16.2 Å².